The molecule has 314 valence electrons. The third-order valence-electron chi connectivity index (χ3n) is 7.13. The molecule has 6 nitrogen and oxygen atoms in total. The lowest BCUT2D eigenvalue weighted by Crippen LogP contribution is -2.31. The summed E-state index contributed by atoms with van der Waals surface area (Å²) in [6.45, 7) is 31.2. The first-order valence-electron chi connectivity index (χ1n) is 20.4. The molecule has 6 rings (SSSR count). The van der Waals surface area contributed by atoms with Crippen molar-refractivity contribution in [2.45, 2.75) is 131 Å². The average Bonchev–Trinajstić information content (AvgIpc) is 3.58. The summed E-state index contributed by atoms with van der Waals surface area (Å²) in [6, 6.07) is 38.7. The minimum absolute atomic E-state index is 0. The Morgan fingerprint density at radius 1 is 0.333 bits per heavy atom. The second-order valence-corrected chi connectivity index (χ2v) is 11.2. The number of hydrogen-bond donors (Lipinski definition) is 0. The van der Waals surface area contributed by atoms with Crippen molar-refractivity contribution in [1.29, 1.82) is 0 Å². The van der Waals surface area contributed by atoms with Crippen LogP contribution in [0.25, 0.3) is 11.1 Å². The highest BCUT2D eigenvalue weighted by Gasteiger charge is 2.35. The topological polar surface area (TPSA) is 74.8 Å². The Morgan fingerprint density at radius 2 is 0.491 bits per heavy atom. The number of carbonyl (C=O) groups excluding carboxylic acids is 4. The van der Waals surface area contributed by atoms with Crippen molar-refractivity contribution in [3.8, 4) is 11.1 Å². The van der Waals surface area contributed by atoms with Gasteiger partial charge in [0.15, 0.2) is 0 Å². The van der Waals surface area contributed by atoms with Gasteiger partial charge in [-0.05, 0) is 63.1 Å². The lowest BCUT2D eigenvalue weighted by atomic mass is 10.1. The van der Waals surface area contributed by atoms with Crippen molar-refractivity contribution < 1.29 is 19.2 Å². The van der Waals surface area contributed by atoms with Gasteiger partial charge in [0, 0.05) is 22.3 Å². The molecule has 2 aliphatic rings. The van der Waals surface area contributed by atoms with E-state index in [1.54, 1.807) is 76.2 Å². The highest BCUT2D eigenvalue weighted by molar-refractivity contribution is 6.33. The minimum atomic E-state index is -0.219. The summed E-state index contributed by atoms with van der Waals surface area (Å²) in [4.78, 5) is 49.5. The number of imide groups is 2. The van der Waals surface area contributed by atoms with E-state index in [0.29, 0.717) is 33.7 Å². The third-order valence-corrected chi connectivity index (χ3v) is 7.13. The summed E-state index contributed by atoms with van der Waals surface area (Å²) in [5.41, 5.74) is 5.93. The average molecular weight is 781 g/mol. The summed E-state index contributed by atoms with van der Waals surface area (Å²) in [5.74, 6) is -0.875. The standard InChI is InChI=1S/2C12H11NO2.C12H10.2C3H8.4C2H6.CH4/c2*1-8-9(2)12(15)13(11(8)14)10-6-4-3-5-7-10;1-3-7-11(8-4-1)12-9-5-2-6-10-12;2*1-3-2;4*1-2;/h2*3-7H,1-2H3;1-10H;2*3H2,1-2H3;4*1-2H3;1H4. The van der Waals surface area contributed by atoms with E-state index in [0.717, 1.165) is 0 Å². The SMILES string of the molecule is C.CC.CC.CC.CC.CC1=C(C)C(=O)N(c2ccccc2)C1=O.CC1=C(C)C(=O)N(c2ccccc2)C1=O.CCC.CCC.c1ccc(-c2ccccc2)cc1. The Balaban J connectivity index is -0.000000317. The molecule has 4 aromatic rings. The van der Waals surface area contributed by atoms with Crippen LogP contribution in [-0.4, -0.2) is 23.6 Å². The van der Waals surface area contributed by atoms with Crippen molar-refractivity contribution in [3.63, 3.8) is 0 Å². The molecule has 4 amide bonds. The van der Waals surface area contributed by atoms with Crippen LogP contribution >= 0.6 is 0 Å². The third kappa shape index (κ3) is 19.4. The second kappa shape index (κ2) is 36.3. The van der Waals surface area contributed by atoms with Gasteiger partial charge in [0.25, 0.3) is 23.6 Å². The number of benzene rings is 4. The quantitative estimate of drug-likeness (QED) is 0.194. The number of nitrogens with zero attached hydrogens (tertiary/aromatic N) is 2. The highest BCUT2D eigenvalue weighted by Crippen LogP contribution is 2.27. The summed E-state index contributed by atoms with van der Waals surface area (Å²) in [6.07, 6.45) is 2.50. The van der Waals surface area contributed by atoms with E-state index in [2.05, 4.69) is 76.2 Å². The van der Waals surface area contributed by atoms with E-state index in [1.165, 1.54) is 33.8 Å². The molecule has 0 saturated carbocycles. The Hall–Kier alpha value is -5.36. The van der Waals surface area contributed by atoms with E-state index in [-0.39, 0.29) is 31.1 Å². The fourth-order valence-corrected chi connectivity index (χ4v) is 4.38. The van der Waals surface area contributed by atoms with Crippen LogP contribution in [0.2, 0.25) is 0 Å². The molecular formula is C51H76N2O4. The molecule has 57 heavy (non-hydrogen) atoms. The number of rotatable bonds is 3. The number of para-hydroxylation sites is 2. The van der Waals surface area contributed by atoms with Crippen LogP contribution in [0, 0.1) is 0 Å². The molecule has 0 aliphatic carbocycles. The lowest BCUT2D eigenvalue weighted by molar-refractivity contribution is -0.122. The van der Waals surface area contributed by atoms with Crippen LogP contribution in [0.4, 0.5) is 11.4 Å². The van der Waals surface area contributed by atoms with E-state index in [9.17, 15) is 19.2 Å². The van der Waals surface area contributed by atoms with E-state index >= 15 is 0 Å². The van der Waals surface area contributed by atoms with Gasteiger partial charge in [-0.1, -0.05) is 200 Å². The Labute approximate surface area is 348 Å². The fraction of sp³-hybridized carbons (Fsp3) is 0.373. The first-order valence-corrected chi connectivity index (χ1v) is 20.4. The maximum atomic E-state index is 11.8. The number of carbonyl (C=O) groups is 4. The van der Waals surface area contributed by atoms with Crippen molar-refractivity contribution in [2.24, 2.45) is 0 Å². The monoisotopic (exact) mass is 781 g/mol. The van der Waals surface area contributed by atoms with Crippen molar-refractivity contribution >= 4 is 35.0 Å². The van der Waals surface area contributed by atoms with Crippen LogP contribution in [0.5, 0.6) is 0 Å². The maximum Gasteiger partial charge on any atom is 0.261 e. The zero-order valence-corrected chi connectivity index (χ0v) is 37.5. The van der Waals surface area contributed by atoms with Crippen LogP contribution in [-0.2, 0) is 19.2 Å². The summed E-state index contributed by atoms with van der Waals surface area (Å²) < 4.78 is 0. The Bertz CT molecular complexity index is 1520. The predicted molar refractivity (Wildman–Crippen MR) is 251 cm³/mol. The molecule has 0 aromatic heterocycles. The lowest BCUT2D eigenvalue weighted by Gasteiger charge is -2.14. The number of anilines is 2. The molecule has 0 unspecified atom stereocenters. The zero-order chi connectivity index (χ0) is 43.6. The highest BCUT2D eigenvalue weighted by atomic mass is 16.2. The predicted octanol–water partition coefficient (Wildman–Crippen LogP) is 14.7. The van der Waals surface area contributed by atoms with Crippen LogP contribution < -0.4 is 9.80 Å². The van der Waals surface area contributed by atoms with Crippen molar-refractivity contribution in [2.75, 3.05) is 9.80 Å². The number of hydrogen-bond acceptors (Lipinski definition) is 4. The van der Waals surface area contributed by atoms with Crippen LogP contribution in [0.15, 0.2) is 144 Å². The van der Waals surface area contributed by atoms with E-state index < -0.39 is 0 Å². The van der Waals surface area contributed by atoms with Gasteiger partial charge in [-0.2, -0.15) is 0 Å². The van der Waals surface area contributed by atoms with Gasteiger partial charge in [-0.25, -0.2) is 9.80 Å². The summed E-state index contributed by atoms with van der Waals surface area (Å²) in [7, 11) is 0. The Morgan fingerprint density at radius 3 is 0.667 bits per heavy atom. The van der Waals surface area contributed by atoms with Gasteiger partial charge in [0.05, 0.1) is 11.4 Å². The molecule has 0 radical (unpaired) electrons. The molecule has 0 N–H and O–H groups in total. The zero-order valence-electron chi connectivity index (χ0n) is 37.5. The van der Waals surface area contributed by atoms with Gasteiger partial charge in [-0.3, -0.25) is 19.2 Å². The number of amides is 4. The largest absolute Gasteiger partial charge is 0.269 e. The normalized spacial score (nSPS) is 11.8. The molecule has 0 saturated heterocycles. The van der Waals surface area contributed by atoms with E-state index in [1.807, 2.05) is 79.7 Å². The summed E-state index contributed by atoms with van der Waals surface area (Å²) in [5, 5.41) is 0. The minimum Gasteiger partial charge on any atom is -0.269 e. The molecular weight excluding hydrogens is 705 g/mol. The van der Waals surface area contributed by atoms with Crippen LogP contribution in [0.3, 0.4) is 0 Å². The van der Waals surface area contributed by atoms with Crippen LogP contribution in [0.1, 0.15) is 131 Å². The summed E-state index contributed by atoms with van der Waals surface area (Å²) >= 11 is 0. The molecule has 4 aromatic carbocycles. The molecule has 6 heteroatoms. The van der Waals surface area contributed by atoms with E-state index in [4.69, 9.17) is 0 Å². The molecule has 0 atom stereocenters. The molecule has 0 spiro atoms. The first-order chi connectivity index (χ1) is 27.0. The first kappa shape index (κ1) is 58.3. The molecule has 0 fully saturated rings. The molecule has 0 bridgehead atoms. The van der Waals surface area contributed by atoms with Gasteiger partial charge in [0.2, 0.25) is 0 Å². The van der Waals surface area contributed by atoms with Gasteiger partial charge >= 0.3 is 0 Å². The fourth-order valence-electron chi connectivity index (χ4n) is 4.38. The van der Waals surface area contributed by atoms with Gasteiger partial charge < -0.3 is 0 Å². The smallest absolute Gasteiger partial charge is 0.261 e. The molecule has 2 aliphatic heterocycles. The second-order valence-electron chi connectivity index (χ2n) is 11.2. The van der Waals surface area contributed by atoms with Crippen molar-refractivity contribution in [3.05, 3.63) is 144 Å². The Kier molecular flexibility index (Phi) is 37.1. The van der Waals surface area contributed by atoms with Crippen molar-refractivity contribution in [1.82, 2.24) is 0 Å². The molecule has 2 heterocycles. The van der Waals surface area contributed by atoms with Gasteiger partial charge in [0.1, 0.15) is 0 Å². The maximum absolute atomic E-state index is 11.8. The van der Waals surface area contributed by atoms with Gasteiger partial charge in [-0.15, -0.1) is 0 Å².